The van der Waals surface area contributed by atoms with E-state index in [1.165, 1.54) is 22.7 Å². The van der Waals surface area contributed by atoms with Gasteiger partial charge in [0.25, 0.3) is 10.2 Å². The lowest BCUT2D eigenvalue weighted by Gasteiger charge is -2.33. The Labute approximate surface area is 166 Å². The Morgan fingerprint density at radius 1 is 1.07 bits per heavy atom. The highest BCUT2D eigenvalue weighted by Crippen LogP contribution is 2.26. The fourth-order valence-electron chi connectivity index (χ4n) is 3.09. The number of nitrogens with zero attached hydrogens (tertiary/aromatic N) is 5. The van der Waals surface area contributed by atoms with Crippen molar-refractivity contribution >= 4 is 21.8 Å². The van der Waals surface area contributed by atoms with E-state index in [0.29, 0.717) is 24.8 Å². The molecule has 1 aliphatic heterocycles. The van der Waals surface area contributed by atoms with Crippen LogP contribution in [0.2, 0.25) is 0 Å². The van der Waals surface area contributed by atoms with Crippen LogP contribution in [-0.2, 0) is 14.9 Å². The second-order valence-corrected chi connectivity index (χ2v) is 9.17. The Morgan fingerprint density at radius 2 is 1.71 bits per heavy atom. The summed E-state index contributed by atoms with van der Waals surface area (Å²) in [5.41, 5.74) is 4.00. The Bertz CT molecular complexity index is 944. The normalized spacial score (nSPS) is 18.4. The van der Waals surface area contributed by atoms with E-state index in [9.17, 15) is 8.42 Å². The average Bonchev–Trinajstić information content (AvgIpc) is 2.60. The summed E-state index contributed by atoms with van der Waals surface area (Å²) in [5.74, 6) is 0.510. The molecular weight excluding hydrogens is 380 g/mol. The SMILES string of the molecule is Cc1cc(Nc2nc(C)cc(C)n2)cc([C@H]2CN(S(=O)(=O)N(C)C)CCO2)n1. The summed E-state index contributed by atoms with van der Waals surface area (Å²) in [7, 11) is -0.447. The van der Waals surface area contributed by atoms with Gasteiger partial charge in [0.1, 0.15) is 6.10 Å². The van der Waals surface area contributed by atoms with Crippen LogP contribution >= 0.6 is 0 Å². The van der Waals surface area contributed by atoms with Crippen LogP contribution in [0.4, 0.5) is 11.6 Å². The molecule has 3 rings (SSSR count). The average molecular weight is 407 g/mol. The van der Waals surface area contributed by atoms with Crippen LogP contribution in [0.3, 0.4) is 0 Å². The van der Waals surface area contributed by atoms with E-state index in [-0.39, 0.29) is 6.54 Å². The van der Waals surface area contributed by atoms with Crippen LogP contribution in [0.5, 0.6) is 0 Å². The molecule has 10 heteroatoms. The number of hydrogen-bond donors (Lipinski definition) is 1. The number of nitrogens with one attached hydrogen (secondary N) is 1. The number of aryl methyl sites for hydroxylation is 3. The molecule has 0 unspecified atom stereocenters. The van der Waals surface area contributed by atoms with Crippen molar-refractivity contribution in [2.45, 2.75) is 26.9 Å². The van der Waals surface area contributed by atoms with Gasteiger partial charge in [0.15, 0.2) is 0 Å². The van der Waals surface area contributed by atoms with Gasteiger partial charge in [-0.05, 0) is 39.0 Å². The molecule has 152 valence electrons. The number of ether oxygens (including phenoxy) is 1. The molecule has 0 aliphatic carbocycles. The smallest absolute Gasteiger partial charge is 0.281 e. The summed E-state index contributed by atoms with van der Waals surface area (Å²) in [6, 6.07) is 5.65. The number of rotatable bonds is 5. The molecule has 1 aliphatic rings. The minimum absolute atomic E-state index is 0.219. The highest BCUT2D eigenvalue weighted by molar-refractivity contribution is 7.86. The summed E-state index contributed by atoms with van der Waals surface area (Å²) < 4.78 is 33.4. The molecule has 3 heterocycles. The van der Waals surface area contributed by atoms with Gasteiger partial charge in [-0.3, -0.25) is 4.98 Å². The summed E-state index contributed by atoms with van der Waals surface area (Å²) in [6.45, 7) is 6.57. The van der Waals surface area contributed by atoms with E-state index in [1.807, 2.05) is 39.0 Å². The fourth-order valence-corrected chi connectivity index (χ4v) is 4.18. The van der Waals surface area contributed by atoms with Crippen molar-refractivity contribution in [2.24, 2.45) is 0 Å². The standard InChI is InChI=1S/C18H26N6O3S/c1-12-8-13(2)21-18(20-12)22-15-9-14(3)19-16(10-15)17-11-24(6-7-27-17)28(25,26)23(4)5/h8-10,17H,6-7,11H2,1-5H3,(H,19,20,21,22)/t17-/m1/s1. The van der Waals surface area contributed by atoms with Gasteiger partial charge in [0, 0.05) is 50.0 Å². The quantitative estimate of drug-likeness (QED) is 0.807. The van der Waals surface area contributed by atoms with Gasteiger partial charge >= 0.3 is 0 Å². The van der Waals surface area contributed by atoms with E-state index < -0.39 is 16.3 Å². The van der Waals surface area contributed by atoms with Crippen molar-refractivity contribution in [3.63, 3.8) is 0 Å². The Kier molecular flexibility index (Phi) is 5.94. The van der Waals surface area contributed by atoms with Gasteiger partial charge < -0.3 is 10.1 Å². The van der Waals surface area contributed by atoms with Crippen LogP contribution in [-0.4, -0.2) is 65.8 Å². The van der Waals surface area contributed by atoms with Gasteiger partial charge in [0.05, 0.1) is 12.3 Å². The zero-order valence-corrected chi connectivity index (χ0v) is 17.6. The zero-order chi connectivity index (χ0) is 20.5. The summed E-state index contributed by atoms with van der Waals surface area (Å²) in [4.78, 5) is 13.4. The first-order chi connectivity index (χ1) is 13.1. The van der Waals surface area contributed by atoms with Crippen LogP contribution in [0.25, 0.3) is 0 Å². The van der Waals surface area contributed by atoms with Gasteiger partial charge in [-0.2, -0.15) is 17.0 Å². The van der Waals surface area contributed by atoms with Gasteiger partial charge in [0.2, 0.25) is 5.95 Å². The number of aromatic nitrogens is 3. The lowest BCUT2D eigenvalue weighted by Crippen LogP contribution is -2.47. The van der Waals surface area contributed by atoms with E-state index in [2.05, 4.69) is 20.3 Å². The molecule has 0 bridgehead atoms. The van der Waals surface area contributed by atoms with Crippen LogP contribution in [0.1, 0.15) is 28.9 Å². The Hall–Kier alpha value is -2.14. The van der Waals surface area contributed by atoms with E-state index in [0.717, 1.165) is 22.8 Å². The molecule has 0 spiro atoms. The predicted octanol–water partition coefficient (Wildman–Crippen LogP) is 1.72. The third kappa shape index (κ3) is 4.64. The minimum Gasteiger partial charge on any atom is -0.369 e. The van der Waals surface area contributed by atoms with Crippen LogP contribution in [0, 0.1) is 20.8 Å². The lowest BCUT2D eigenvalue weighted by atomic mass is 10.1. The highest BCUT2D eigenvalue weighted by Gasteiger charge is 2.32. The Balaban J connectivity index is 1.84. The topological polar surface area (TPSA) is 101 Å². The van der Waals surface area contributed by atoms with Crippen molar-refractivity contribution in [3.05, 3.63) is 41.0 Å². The molecule has 0 aromatic carbocycles. The molecular formula is C18H26N6O3S. The highest BCUT2D eigenvalue weighted by atomic mass is 32.2. The van der Waals surface area contributed by atoms with E-state index in [4.69, 9.17) is 4.74 Å². The lowest BCUT2D eigenvalue weighted by molar-refractivity contribution is -0.00626. The van der Waals surface area contributed by atoms with E-state index in [1.54, 1.807) is 0 Å². The maximum absolute atomic E-state index is 12.4. The molecule has 28 heavy (non-hydrogen) atoms. The van der Waals surface area contributed by atoms with Gasteiger partial charge in [-0.25, -0.2) is 9.97 Å². The molecule has 1 saturated heterocycles. The third-order valence-corrected chi connectivity index (χ3v) is 6.27. The minimum atomic E-state index is -3.50. The van der Waals surface area contributed by atoms with Crippen molar-refractivity contribution < 1.29 is 13.2 Å². The molecule has 9 nitrogen and oxygen atoms in total. The number of hydrogen-bond acceptors (Lipinski definition) is 7. The number of pyridine rings is 1. The number of morpholine rings is 1. The molecule has 1 fully saturated rings. The second kappa shape index (κ2) is 8.08. The first-order valence-corrected chi connectivity index (χ1v) is 10.4. The molecule has 2 aromatic heterocycles. The molecule has 1 N–H and O–H groups in total. The fraction of sp³-hybridized carbons (Fsp3) is 0.500. The van der Waals surface area contributed by atoms with Crippen molar-refractivity contribution in [1.82, 2.24) is 23.6 Å². The van der Waals surface area contributed by atoms with E-state index >= 15 is 0 Å². The number of anilines is 2. The van der Waals surface area contributed by atoms with Crippen molar-refractivity contribution in [2.75, 3.05) is 39.1 Å². The maximum Gasteiger partial charge on any atom is 0.281 e. The zero-order valence-electron chi connectivity index (χ0n) is 16.8. The summed E-state index contributed by atoms with van der Waals surface area (Å²) >= 11 is 0. The van der Waals surface area contributed by atoms with Crippen molar-refractivity contribution in [1.29, 1.82) is 0 Å². The molecule has 1 atom stereocenters. The van der Waals surface area contributed by atoms with Gasteiger partial charge in [-0.15, -0.1) is 0 Å². The summed E-state index contributed by atoms with van der Waals surface area (Å²) in [5, 5.41) is 3.21. The summed E-state index contributed by atoms with van der Waals surface area (Å²) in [6.07, 6.45) is -0.441. The largest absolute Gasteiger partial charge is 0.369 e. The first-order valence-electron chi connectivity index (χ1n) is 9.02. The van der Waals surface area contributed by atoms with Crippen LogP contribution in [0.15, 0.2) is 18.2 Å². The van der Waals surface area contributed by atoms with Crippen molar-refractivity contribution in [3.8, 4) is 0 Å². The monoisotopic (exact) mass is 406 g/mol. The molecule has 0 amide bonds. The predicted molar refractivity (Wildman–Crippen MR) is 107 cm³/mol. The first kappa shape index (κ1) is 20.6. The Morgan fingerprint density at radius 3 is 2.36 bits per heavy atom. The van der Waals surface area contributed by atoms with Crippen LogP contribution < -0.4 is 5.32 Å². The van der Waals surface area contributed by atoms with Gasteiger partial charge in [-0.1, -0.05) is 0 Å². The molecule has 0 saturated carbocycles. The third-order valence-electron chi connectivity index (χ3n) is 4.36. The second-order valence-electron chi connectivity index (χ2n) is 7.03. The molecule has 2 aromatic rings. The molecule has 0 radical (unpaired) electrons. The maximum atomic E-state index is 12.4.